The molecule has 6 nitrogen and oxygen atoms in total. The summed E-state index contributed by atoms with van der Waals surface area (Å²) in [4.78, 5) is 12.3. The van der Waals surface area contributed by atoms with Crippen molar-refractivity contribution in [3.05, 3.63) is 12.2 Å². The van der Waals surface area contributed by atoms with E-state index in [1.807, 2.05) is 6.08 Å². The third kappa shape index (κ3) is 24.8. The van der Waals surface area contributed by atoms with Crippen LogP contribution in [0.2, 0.25) is 0 Å². The third-order valence-corrected chi connectivity index (χ3v) is 7.49. The van der Waals surface area contributed by atoms with Gasteiger partial charge in [-0.2, -0.15) is 8.42 Å². The summed E-state index contributed by atoms with van der Waals surface area (Å²) >= 11 is 0. The highest BCUT2D eigenvalue weighted by atomic mass is 32.2. The minimum Gasteiger partial charge on any atom is -0.387 e. The van der Waals surface area contributed by atoms with Crippen LogP contribution in [0, 0.1) is 0 Å². The molecule has 0 aliphatic rings. The first kappa shape index (κ1) is 35.1. The molecule has 3 N–H and O–H groups in total. The largest absolute Gasteiger partial charge is 0.387 e. The number of unbranched alkanes of at least 4 members (excludes halogenated alkanes) is 18. The summed E-state index contributed by atoms with van der Waals surface area (Å²) in [6.07, 6.45) is 26.3. The maximum absolute atomic E-state index is 12.3. The maximum Gasteiger partial charge on any atom is 0.267 e. The maximum atomic E-state index is 12.3. The van der Waals surface area contributed by atoms with Gasteiger partial charge in [0.25, 0.3) is 10.1 Å². The zero-order valence-electron chi connectivity index (χ0n) is 23.4. The summed E-state index contributed by atoms with van der Waals surface area (Å²) in [7, 11) is -4.32. The normalized spacial score (nSPS) is 13.8. The van der Waals surface area contributed by atoms with Gasteiger partial charge in [0.05, 0.1) is 17.9 Å². The van der Waals surface area contributed by atoms with Gasteiger partial charge in [-0.15, -0.1) is 0 Å². The van der Waals surface area contributed by atoms with Gasteiger partial charge in [0.1, 0.15) is 0 Å². The fourth-order valence-corrected chi connectivity index (χ4v) is 5.18. The highest BCUT2D eigenvalue weighted by Crippen LogP contribution is 2.13. The first-order valence-electron chi connectivity index (χ1n) is 14.9. The van der Waals surface area contributed by atoms with Crippen molar-refractivity contribution >= 4 is 16.0 Å². The van der Waals surface area contributed by atoms with E-state index in [9.17, 15) is 22.9 Å². The number of aliphatic hydroxyl groups excluding tert-OH is 1. The molecule has 0 spiro atoms. The molecule has 0 saturated heterocycles. The molecule has 0 saturated carbocycles. The zero-order valence-corrected chi connectivity index (χ0v) is 24.2. The third-order valence-electron chi connectivity index (χ3n) is 6.71. The number of aliphatic hydroxyl groups is 1. The molecule has 214 valence electrons. The van der Waals surface area contributed by atoms with Gasteiger partial charge >= 0.3 is 0 Å². The Bertz CT molecular complexity index is 636. The van der Waals surface area contributed by atoms with Crippen molar-refractivity contribution in [3.63, 3.8) is 0 Å². The van der Waals surface area contributed by atoms with Crippen molar-refractivity contribution in [2.75, 3.05) is 5.75 Å². The smallest absolute Gasteiger partial charge is 0.267 e. The van der Waals surface area contributed by atoms with Gasteiger partial charge in [0, 0.05) is 6.42 Å². The molecule has 7 heteroatoms. The molecule has 0 bridgehead atoms. The molecule has 0 rings (SSSR count). The molecule has 0 aromatic rings. The van der Waals surface area contributed by atoms with E-state index < -0.39 is 28.0 Å². The van der Waals surface area contributed by atoms with Gasteiger partial charge in [-0.1, -0.05) is 135 Å². The molecule has 0 heterocycles. The molecule has 36 heavy (non-hydrogen) atoms. The Morgan fingerprint density at radius 3 is 1.58 bits per heavy atom. The second-order valence-electron chi connectivity index (χ2n) is 10.4. The first-order valence-corrected chi connectivity index (χ1v) is 16.5. The molecule has 0 aliphatic carbocycles. The number of hydrogen-bond donors (Lipinski definition) is 3. The summed E-state index contributed by atoms with van der Waals surface area (Å²) in [6.45, 7) is 4.43. The number of carbonyl (C=O) groups is 1. The predicted molar refractivity (Wildman–Crippen MR) is 152 cm³/mol. The van der Waals surface area contributed by atoms with Crippen molar-refractivity contribution in [1.82, 2.24) is 5.32 Å². The van der Waals surface area contributed by atoms with Crippen LogP contribution in [0.3, 0.4) is 0 Å². The van der Waals surface area contributed by atoms with E-state index in [0.29, 0.717) is 6.42 Å². The molecule has 2 atom stereocenters. The Labute approximate surface area is 222 Å². The van der Waals surface area contributed by atoms with E-state index in [-0.39, 0.29) is 5.91 Å². The lowest BCUT2D eigenvalue weighted by Gasteiger charge is -2.21. The second kappa shape index (κ2) is 24.4. The first-order chi connectivity index (χ1) is 17.3. The SMILES string of the molecule is CCCCCCCC/C=C/C(O)C(CS(=O)(=O)O)NC(=O)CCCCCCCCCCCCCCC. The standard InChI is InChI=1S/C29H57NO5S/c1-3-5-7-9-11-13-14-15-16-17-19-21-23-25-29(32)30-27(26-36(33,34)35)28(31)24-22-20-18-12-10-8-6-4-2/h22,24,27-28,31H,3-21,23,25-26H2,1-2H3,(H,30,32)(H,33,34,35)/b24-22+. The topological polar surface area (TPSA) is 104 Å². The molecule has 1 amide bonds. The molecule has 0 aromatic carbocycles. The number of nitrogens with one attached hydrogen (secondary N) is 1. The zero-order chi connectivity index (χ0) is 26.9. The van der Waals surface area contributed by atoms with Crippen LogP contribution in [0.4, 0.5) is 0 Å². The number of amides is 1. The predicted octanol–water partition coefficient (Wildman–Crippen LogP) is 7.51. The van der Waals surface area contributed by atoms with E-state index in [1.165, 1.54) is 96.0 Å². The lowest BCUT2D eigenvalue weighted by Crippen LogP contribution is -2.46. The Kier molecular flexibility index (Phi) is 23.8. The van der Waals surface area contributed by atoms with E-state index in [2.05, 4.69) is 19.2 Å². The highest BCUT2D eigenvalue weighted by Gasteiger charge is 2.24. The van der Waals surface area contributed by atoms with Crippen LogP contribution in [-0.2, 0) is 14.9 Å². The van der Waals surface area contributed by atoms with E-state index in [0.717, 1.165) is 38.5 Å². The Morgan fingerprint density at radius 1 is 0.722 bits per heavy atom. The second-order valence-corrected chi connectivity index (χ2v) is 11.9. The summed E-state index contributed by atoms with van der Waals surface area (Å²) in [5.74, 6) is -0.977. The van der Waals surface area contributed by atoms with Gasteiger partial charge in [-0.3, -0.25) is 9.35 Å². The van der Waals surface area contributed by atoms with Gasteiger partial charge in [-0.25, -0.2) is 0 Å². The molecular weight excluding hydrogens is 474 g/mol. The van der Waals surface area contributed by atoms with Gasteiger partial charge in [0.2, 0.25) is 5.91 Å². The summed E-state index contributed by atoms with van der Waals surface area (Å²) in [5, 5.41) is 13.0. The fourth-order valence-electron chi connectivity index (χ4n) is 4.45. The summed E-state index contributed by atoms with van der Waals surface area (Å²) < 4.78 is 32.0. The van der Waals surface area contributed by atoms with Crippen LogP contribution in [0.25, 0.3) is 0 Å². The van der Waals surface area contributed by atoms with Crippen LogP contribution in [-0.4, -0.2) is 41.9 Å². The highest BCUT2D eigenvalue weighted by molar-refractivity contribution is 7.85. The monoisotopic (exact) mass is 531 g/mol. The van der Waals surface area contributed by atoms with E-state index in [1.54, 1.807) is 0 Å². The van der Waals surface area contributed by atoms with Crippen molar-refractivity contribution < 1.29 is 22.9 Å². The quantitative estimate of drug-likeness (QED) is 0.0609. The molecular formula is C29H57NO5S. The van der Waals surface area contributed by atoms with Crippen molar-refractivity contribution in [2.24, 2.45) is 0 Å². The number of allylic oxidation sites excluding steroid dienone is 1. The number of rotatable bonds is 26. The average Bonchev–Trinajstić information content (AvgIpc) is 2.82. The molecule has 0 radical (unpaired) electrons. The molecule has 0 aliphatic heterocycles. The molecule has 2 unspecified atom stereocenters. The van der Waals surface area contributed by atoms with Crippen LogP contribution < -0.4 is 5.32 Å². The molecule has 0 aromatic heterocycles. The van der Waals surface area contributed by atoms with Crippen LogP contribution in [0.15, 0.2) is 12.2 Å². The fraction of sp³-hybridized carbons (Fsp3) is 0.897. The summed E-state index contributed by atoms with van der Waals surface area (Å²) in [6, 6.07) is -1.05. The minimum absolute atomic E-state index is 0.282. The minimum atomic E-state index is -4.32. The van der Waals surface area contributed by atoms with Crippen LogP contribution in [0.5, 0.6) is 0 Å². The van der Waals surface area contributed by atoms with Crippen molar-refractivity contribution in [1.29, 1.82) is 0 Å². The van der Waals surface area contributed by atoms with E-state index in [4.69, 9.17) is 0 Å². The Hall–Kier alpha value is -0.920. The number of carbonyl (C=O) groups excluding carboxylic acids is 1. The summed E-state index contributed by atoms with van der Waals surface area (Å²) in [5.41, 5.74) is 0. The van der Waals surface area contributed by atoms with E-state index >= 15 is 0 Å². The van der Waals surface area contributed by atoms with Crippen LogP contribution >= 0.6 is 0 Å². The average molecular weight is 532 g/mol. The lowest BCUT2D eigenvalue weighted by molar-refractivity contribution is -0.122. The van der Waals surface area contributed by atoms with Crippen molar-refractivity contribution in [3.8, 4) is 0 Å². The molecule has 0 fully saturated rings. The lowest BCUT2D eigenvalue weighted by atomic mass is 10.0. The van der Waals surface area contributed by atoms with Crippen LogP contribution in [0.1, 0.15) is 149 Å². The Balaban J connectivity index is 4.05. The Morgan fingerprint density at radius 2 is 1.14 bits per heavy atom. The van der Waals surface area contributed by atoms with Gasteiger partial charge < -0.3 is 10.4 Å². The van der Waals surface area contributed by atoms with Crippen molar-refractivity contribution in [2.45, 2.75) is 161 Å². The van der Waals surface area contributed by atoms with Gasteiger partial charge in [-0.05, 0) is 19.3 Å². The number of hydrogen-bond acceptors (Lipinski definition) is 4. The van der Waals surface area contributed by atoms with Gasteiger partial charge in [0.15, 0.2) is 0 Å².